The molecule has 3 heteroatoms. The van der Waals surface area contributed by atoms with Crippen LogP contribution < -0.4 is 0 Å². The van der Waals surface area contributed by atoms with E-state index in [1.54, 1.807) is 18.2 Å². The largest absolute Gasteiger partial charge is 0.224 e. The summed E-state index contributed by atoms with van der Waals surface area (Å²) in [6.07, 6.45) is 2.87. The molecule has 1 atom stereocenters. The highest BCUT2D eigenvalue weighted by molar-refractivity contribution is 7.90. The monoisotopic (exact) mass is 250 g/mol. The highest BCUT2D eigenvalue weighted by atomic mass is 32.2. The van der Waals surface area contributed by atoms with Gasteiger partial charge in [0.05, 0.1) is 4.90 Å². The predicted octanol–water partition coefficient (Wildman–Crippen LogP) is 2.68. The first kappa shape index (κ1) is 13.8. The van der Waals surface area contributed by atoms with Gasteiger partial charge < -0.3 is 0 Å². The molecule has 0 aromatic heterocycles. The molecule has 2 nitrogen and oxygen atoms in total. The van der Waals surface area contributed by atoms with Gasteiger partial charge in [-0.3, -0.25) is 0 Å². The van der Waals surface area contributed by atoms with Crippen LogP contribution in [0.25, 0.3) is 0 Å². The van der Waals surface area contributed by atoms with E-state index in [-0.39, 0.29) is 5.92 Å². The van der Waals surface area contributed by atoms with E-state index < -0.39 is 9.84 Å². The first-order valence-corrected chi connectivity index (χ1v) is 7.60. The summed E-state index contributed by atoms with van der Waals surface area (Å²) in [5, 5.41) is 0. The minimum atomic E-state index is -3.11. The van der Waals surface area contributed by atoms with E-state index in [4.69, 9.17) is 0 Å². The lowest BCUT2D eigenvalue weighted by molar-refractivity contribution is 0.601. The van der Waals surface area contributed by atoms with Crippen molar-refractivity contribution >= 4 is 9.84 Å². The van der Waals surface area contributed by atoms with Gasteiger partial charge in [-0.05, 0) is 24.1 Å². The van der Waals surface area contributed by atoms with E-state index in [1.807, 2.05) is 13.0 Å². The molecular weight excluding hydrogens is 232 g/mol. The van der Waals surface area contributed by atoms with Crippen LogP contribution in [0.15, 0.2) is 29.2 Å². The van der Waals surface area contributed by atoms with Crippen molar-refractivity contribution in [2.75, 3.05) is 6.26 Å². The van der Waals surface area contributed by atoms with Gasteiger partial charge in [-0.1, -0.05) is 31.9 Å². The Labute approximate surface area is 104 Å². The second-order valence-electron chi connectivity index (χ2n) is 4.20. The number of rotatable bonds is 3. The third kappa shape index (κ3) is 4.62. The van der Waals surface area contributed by atoms with Gasteiger partial charge in [0, 0.05) is 18.6 Å². The molecule has 1 aromatic rings. The average Bonchev–Trinajstić information content (AvgIpc) is 2.25. The molecule has 92 valence electrons. The van der Waals surface area contributed by atoms with Crippen molar-refractivity contribution in [2.45, 2.75) is 31.6 Å². The van der Waals surface area contributed by atoms with E-state index in [2.05, 4.69) is 18.8 Å². The van der Waals surface area contributed by atoms with Crippen molar-refractivity contribution in [3.05, 3.63) is 29.8 Å². The Morgan fingerprint density at radius 2 is 2.06 bits per heavy atom. The zero-order chi connectivity index (χ0) is 12.9. The predicted molar refractivity (Wildman–Crippen MR) is 70.5 cm³/mol. The second-order valence-corrected chi connectivity index (χ2v) is 6.22. The van der Waals surface area contributed by atoms with Gasteiger partial charge in [0.2, 0.25) is 0 Å². The van der Waals surface area contributed by atoms with Crippen LogP contribution in [-0.4, -0.2) is 14.7 Å². The fourth-order valence-electron chi connectivity index (χ4n) is 1.58. The molecule has 0 aliphatic carbocycles. The third-order valence-corrected chi connectivity index (χ3v) is 3.50. The van der Waals surface area contributed by atoms with Crippen LogP contribution in [0.5, 0.6) is 0 Å². The number of hydrogen-bond acceptors (Lipinski definition) is 2. The molecule has 0 N–H and O–H groups in total. The summed E-state index contributed by atoms with van der Waals surface area (Å²) in [6, 6.07) is 7.09. The minimum absolute atomic E-state index is 0.254. The Bertz CT molecular complexity index is 533. The van der Waals surface area contributed by atoms with E-state index in [0.717, 1.165) is 18.4 Å². The number of hydrogen-bond donors (Lipinski definition) is 0. The Morgan fingerprint density at radius 3 is 2.65 bits per heavy atom. The number of benzene rings is 1. The lowest BCUT2D eigenvalue weighted by atomic mass is 10.0. The van der Waals surface area contributed by atoms with Gasteiger partial charge in [0.1, 0.15) is 0 Å². The van der Waals surface area contributed by atoms with Gasteiger partial charge >= 0.3 is 0 Å². The molecule has 0 radical (unpaired) electrons. The summed E-state index contributed by atoms with van der Waals surface area (Å²) in [7, 11) is -3.11. The van der Waals surface area contributed by atoms with Crippen LogP contribution in [0, 0.1) is 17.8 Å². The zero-order valence-corrected chi connectivity index (χ0v) is 11.3. The summed E-state index contributed by atoms with van der Waals surface area (Å²) in [6.45, 7) is 4.07. The van der Waals surface area contributed by atoms with E-state index in [0.29, 0.717) is 4.90 Å². The molecule has 0 aliphatic rings. The van der Waals surface area contributed by atoms with Crippen molar-refractivity contribution < 1.29 is 8.42 Å². The minimum Gasteiger partial charge on any atom is -0.224 e. The molecule has 0 bridgehead atoms. The van der Waals surface area contributed by atoms with Gasteiger partial charge in [-0.2, -0.15) is 0 Å². The fourth-order valence-corrected chi connectivity index (χ4v) is 2.28. The molecule has 0 saturated carbocycles. The zero-order valence-electron chi connectivity index (χ0n) is 10.5. The molecule has 1 rings (SSSR count). The van der Waals surface area contributed by atoms with Crippen molar-refractivity contribution in [1.29, 1.82) is 0 Å². The Morgan fingerprint density at radius 1 is 1.35 bits per heavy atom. The average molecular weight is 250 g/mol. The molecule has 0 heterocycles. The van der Waals surface area contributed by atoms with Crippen LogP contribution in [0.3, 0.4) is 0 Å². The molecule has 0 saturated heterocycles. The summed E-state index contributed by atoms with van der Waals surface area (Å²) in [5.41, 5.74) is 1.02. The van der Waals surface area contributed by atoms with E-state index >= 15 is 0 Å². The summed E-state index contributed by atoms with van der Waals surface area (Å²) in [5.74, 6) is 6.44. The number of sulfone groups is 1. The smallest absolute Gasteiger partial charge is 0.175 e. The van der Waals surface area contributed by atoms with Crippen molar-refractivity contribution in [1.82, 2.24) is 0 Å². The first-order valence-electron chi connectivity index (χ1n) is 5.71. The standard InChI is InChI=1S/C14H18O2S/c1-4-5-7-12(2)10-13-8-6-9-14(11-13)17(3,15)16/h6,8-9,11-12H,4,10H2,1-3H3. The molecule has 0 fully saturated rings. The maximum Gasteiger partial charge on any atom is 0.175 e. The molecule has 1 aromatic carbocycles. The molecule has 17 heavy (non-hydrogen) atoms. The SMILES string of the molecule is CCC#CC(C)Cc1cccc(S(C)(=O)=O)c1. The topological polar surface area (TPSA) is 34.1 Å². The summed E-state index contributed by atoms with van der Waals surface area (Å²) < 4.78 is 22.8. The van der Waals surface area contributed by atoms with Crippen LogP contribution in [0.4, 0.5) is 0 Å². The lowest BCUT2D eigenvalue weighted by Crippen LogP contribution is -2.01. The highest BCUT2D eigenvalue weighted by Gasteiger charge is 2.08. The van der Waals surface area contributed by atoms with Crippen LogP contribution in [0.1, 0.15) is 25.8 Å². The molecule has 0 spiro atoms. The Hall–Kier alpha value is -1.27. The molecular formula is C14H18O2S. The van der Waals surface area contributed by atoms with Crippen molar-refractivity contribution in [2.24, 2.45) is 5.92 Å². The third-order valence-electron chi connectivity index (χ3n) is 2.39. The maximum absolute atomic E-state index is 11.4. The Kier molecular flexibility index (Phi) is 4.77. The molecule has 0 aliphatic heterocycles. The summed E-state index contributed by atoms with van der Waals surface area (Å²) in [4.78, 5) is 0.380. The van der Waals surface area contributed by atoms with Crippen molar-refractivity contribution in [3.63, 3.8) is 0 Å². The highest BCUT2D eigenvalue weighted by Crippen LogP contribution is 2.14. The van der Waals surface area contributed by atoms with Gasteiger partial charge in [-0.15, -0.1) is 5.92 Å². The van der Waals surface area contributed by atoms with Gasteiger partial charge in [0.15, 0.2) is 9.84 Å². The van der Waals surface area contributed by atoms with E-state index in [9.17, 15) is 8.42 Å². The quantitative estimate of drug-likeness (QED) is 0.773. The first-order chi connectivity index (χ1) is 7.93. The lowest BCUT2D eigenvalue weighted by Gasteiger charge is -2.06. The van der Waals surface area contributed by atoms with Crippen LogP contribution in [0.2, 0.25) is 0 Å². The Balaban J connectivity index is 2.87. The normalized spacial score (nSPS) is 12.6. The van der Waals surface area contributed by atoms with E-state index in [1.165, 1.54) is 6.26 Å². The second kappa shape index (κ2) is 5.88. The maximum atomic E-state index is 11.4. The molecule has 1 unspecified atom stereocenters. The van der Waals surface area contributed by atoms with Gasteiger partial charge in [0.25, 0.3) is 0 Å². The summed E-state index contributed by atoms with van der Waals surface area (Å²) >= 11 is 0. The van der Waals surface area contributed by atoms with Gasteiger partial charge in [-0.25, -0.2) is 8.42 Å². The van der Waals surface area contributed by atoms with Crippen molar-refractivity contribution in [3.8, 4) is 11.8 Å². The van der Waals surface area contributed by atoms with Crippen LogP contribution in [-0.2, 0) is 16.3 Å². The van der Waals surface area contributed by atoms with Crippen LogP contribution >= 0.6 is 0 Å². The molecule has 0 amide bonds. The fraction of sp³-hybridized carbons (Fsp3) is 0.429.